The molecule has 3 rings (SSSR count). The molecule has 2 unspecified atom stereocenters. The van der Waals surface area contributed by atoms with Crippen molar-refractivity contribution in [3.05, 3.63) is 24.3 Å². The molecule has 6 nitrogen and oxygen atoms in total. The summed E-state index contributed by atoms with van der Waals surface area (Å²) in [6.45, 7) is 11.0. The van der Waals surface area contributed by atoms with Gasteiger partial charge in [-0.15, -0.1) is 0 Å². The molecule has 0 saturated carbocycles. The maximum Gasteiger partial charge on any atom is 0.239 e. The molecule has 1 amide bonds. The first-order valence-corrected chi connectivity index (χ1v) is 9.61. The molecule has 0 radical (unpaired) electrons. The van der Waals surface area contributed by atoms with Gasteiger partial charge in [0, 0.05) is 45.3 Å². The fourth-order valence-electron chi connectivity index (χ4n) is 4.07. The first-order valence-electron chi connectivity index (χ1n) is 9.61. The Morgan fingerprint density at radius 3 is 2.46 bits per heavy atom. The van der Waals surface area contributed by atoms with Gasteiger partial charge in [0.15, 0.2) is 0 Å². The Morgan fingerprint density at radius 1 is 1.19 bits per heavy atom. The molecular formula is C20H32N4O2. The lowest BCUT2D eigenvalue weighted by Gasteiger charge is -2.46. The molecule has 0 bridgehead atoms. The van der Waals surface area contributed by atoms with Crippen molar-refractivity contribution in [2.75, 3.05) is 44.2 Å². The standard InChI is InChI=1S/C20H32N4O2/c1-15(24-9-8-18(21)20(2,3)14-24)19(26)23-12-10-22(11-13-23)16-6-4-5-7-17(16)25/h4-7,15,18,25H,8-14,21H2,1-3H3. The molecule has 2 aliphatic rings. The van der Waals surface area contributed by atoms with Gasteiger partial charge in [0.25, 0.3) is 0 Å². The second-order valence-electron chi connectivity index (χ2n) is 8.33. The highest BCUT2D eigenvalue weighted by atomic mass is 16.3. The van der Waals surface area contributed by atoms with Gasteiger partial charge in [-0.3, -0.25) is 9.69 Å². The molecule has 2 heterocycles. The van der Waals surface area contributed by atoms with Crippen molar-refractivity contribution in [3.63, 3.8) is 0 Å². The predicted molar refractivity (Wildman–Crippen MR) is 104 cm³/mol. The van der Waals surface area contributed by atoms with Gasteiger partial charge in [-0.05, 0) is 30.9 Å². The maximum absolute atomic E-state index is 13.0. The van der Waals surface area contributed by atoms with Crippen LogP contribution in [0, 0.1) is 5.41 Å². The third-order valence-corrected chi connectivity index (χ3v) is 6.06. The first-order chi connectivity index (χ1) is 12.3. The normalized spacial score (nSPS) is 25.2. The molecule has 1 aromatic carbocycles. The summed E-state index contributed by atoms with van der Waals surface area (Å²) in [6, 6.07) is 7.47. The summed E-state index contributed by atoms with van der Waals surface area (Å²) >= 11 is 0. The average molecular weight is 361 g/mol. The quantitative estimate of drug-likeness (QED) is 0.854. The Kier molecular flexibility index (Phi) is 5.44. The van der Waals surface area contributed by atoms with Gasteiger partial charge in [0.05, 0.1) is 11.7 Å². The lowest BCUT2D eigenvalue weighted by molar-refractivity contribution is -0.138. The number of piperazine rings is 1. The van der Waals surface area contributed by atoms with E-state index in [9.17, 15) is 9.90 Å². The van der Waals surface area contributed by atoms with Crippen LogP contribution in [0.4, 0.5) is 5.69 Å². The number of likely N-dealkylation sites (tertiary alicyclic amines) is 1. The Balaban J connectivity index is 1.57. The topological polar surface area (TPSA) is 73.0 Å². The molecular weight excluding hydrogens is 328 g/mol. The van der Waals surface area contributed by atoms with Crippen LogP contribution >= 0.6 is 0 Å². The number of phenols is 1. The highest BCUT2D eigenvalue weighted by Crippen LogP contribution is 2.30. The number of piperidine rings is 1. The van der Waals surface area contributed by atoms with E-state index in [0.717, 1.165) is 38.3 Å². The maximum atomic E-state index is 13.0. The first kappa shape index (κ1) is 19.0. The number of aromatic hydroxyl groups is 1. The molecule has 0 aromatic heterocycles. The summed E-state index contributed by atoms with van der Waals surface area (Å²) in [6.07, 6.45) is 0.936. The van der Waals surface area contributed by atoms with Crippen LogP contribution in [0.25, 0.3) is 0 Å². The Bertz CT molecular complexity index is 640. The van der Waals surface area contributed by atoms with E-state index >= 15 is 0 Å². The van der Waals surface area contributed by atoms with Crippen LogP contribution in [0.1, 0.15) is 27.2 Å². The average Bonchev–Trinajstić information content (AvgIpc) is 2.63. The fourth-order valence-corrected chi connectivity index (χ4v) is 4.07. The van der Waals surface area contributed by atoms with Crippen molar-refractivity contribution in [2.45, 2.75) is 39.3 Å². The van der Waals surface area contributed by atoms with E-state index in [1.54, 1.807) is 6.07 Å². The van der Waals surface area contributed by atoms with Gasteiger partial charge in [-0.1, -0.05) is 26.0 Å². The number of rotatable bonds is 3. The zero-order chi connectivity index (χ0) is 18.9. The van der Waals surface area contributed by atoms with Gasteiger partial charge in [0.2, 0.25) is 5.91 Å². The smallest absolute Gasteiger partial charge is 0.239 e. The number of amides is 1. The Labute approximate surface area is 156 Å². The van der Waals surface area contributed by atoms with Gasteiger partial charge >= 0.3 is 0 Å². The lowest BCUT2D eigenvalue weighted by atomic mass is 9.79. The summed E-state index contributed by atoms with van der Waals surface area (Å²) in [4.78, 5) is 19.4. The Morgan fingerprint density at radius 2 is 1.85 bits per heavy atom. The fraction of sp³-hybridized carbons (Fsp3) is 0.650. The van der Waals surface area contributed by atoms with Crippen LogP contribution in [-0.2, 0) is 4.79 Å². The minimum absolute atomic E-state index is 0.0380. The van der Waals surface area contributed by atoms with Gasteiger partial charge in [-0.25, -0.2) is 0 Å². The second-order valence-corrected chi connectivity index (χ2v) is 8.33. The highest BCUT2D eigenvalue weighted by molar-refractivity contribution is 5.82. The molecule has 1 aromatic rings. The molecule has 2 atom stereocenters. The zero-order valence-corrected chi connectivity index (χ0v) is 16.2. The van der Waals surface area contributed by atoms with E-state index in [1.807, 2.05) is 30.0 Å². The minimum Gasteiger partial charge on any atom is -0.506 e. The van der Waals surface area contributed by atoms with Crippen molar-refractivity contribution in [1.82, 2.24) is 9.80 Å². The number of carbonyl (C=O) groups is 1. The highest BCUT2D eigenvalue weighted by Gasteiger charge is 2.38. The number of phenolic OH excluding ortho intramolecular Hbond substituents is 1. The van der Waals surface area contributed by atoms with Crippen molar-refractivity contribution < 1.29 is 9.90 Å². The summed E-state index contributed by atoms with van der Waals surface area (Å²) in [5.74, 6) is 0.501. The van der Waals surface area contributed by atoms with E-state index < -0.39 is 0 Å². The van der Waals surface area contributed by atoms with Gasteiger partial charge in [0.1, 0.15) is 5.75 Å². The largest absolute Gasteiger partial charge is 0.506 e. The molecule has 2 fully saturated rings. The SMILES string of the molecule is CC(C(=O)N1CCN(c2ccccc2O)CC1)N1CCC(N)C(C)(C)C1. The molecule has 26 heavy (non-hydrogen) atoms. The third kappa shape index (κ3) is 3.81. The third-order valence-electron chi connectivity index (χ3n) is 6.06. The second kappa shape index (κ2) is 7.45. The Hall–Kier alpha value is -1.79. The van der Waals surface area contributed by atoms with Crippen molar-refractivity contribution in [2.24, 2.45) is 11.1 Å². The molecule has 2 saturated heterocycles. The van der Waals surface area contributed by atoms with E-state index in [0.29, 0.717) is 18.8 Å². The number of nitrogens with two attached hydrogens (primary N) is 1. The number of hydrogen-bond donors (Lipinski definition) is 2. The van der Waals surface area contributed by atoms with E-state index in [2.05, 4.69) is 23.6 Å². The number of anilines is 1. The zero-order valence-electron chi connectivity index (χ0n) is 16.2. The molecule has 0 spiro atoms. The monoisotopic (exact) mass is 360 g/mol. The molecule has 144 valence electrons. The van der Waals surface area contributed by atoms with E-state index in [4.69, 9.17) is 5.73 Å². The van der Waals surface area contributed by atoms with Crippen molar-refractivity contribution >= 4 is 11.6 Å². The van der Waals surface area contributed by atoms with Crippen LogP contribution in [0.5, 0.6) is 5.75 Å². The molecule has 2 aliphatic heterocycles. The summed E-state index contributed by atoms with van der Waals surface area (Å²) in [5, 5.41) is 10.0. The van der Waals surface area contributed by atoms with Crippen molar-refractivity contribution in [3.8, 4) is 5.75 Å². The number of carbonyl (C=O) groups excluding carboxylic acids is 1. The number of nitrogens with zero attached hydrogens (tertiary/aromatic N) is 3. The van der Waals surface area contributed by atoms with Gasteiger partial charge in [-0.2, -0.15) is 0 Å². The number of benzene rings is 1. The van der Waals surface area contributed by atoms with Gasteiger partial charge < -0.3 is 20.6 Å². The lowest BCUT2D eigenvalue weighted by Crippen LogP contribution is -2.59. The molecule has 3 N–H and O–H groups in total. The minimum atomic E-state index is -0.113. The van der Waals surface area contributed by atoms with Crippen LogP contribution in [0.15, 0.2) is 24.3 Å². The summed E-state index contributed by atoms with van der Waals surface area (Å²) in [5.41, 5.74) is 7.11. The predicted octanol–water partition coefficient (Wildman–Crippen LogP) is 1.49. The number of para-hydroxylation sites is 2. The number of hydrogen-bond acceptors (Lipinski definition) is 5. The van der Waals surface area contributed by atoms with E-state index in [1.165, 1.54) is 0 Å². The van der Waals surface area contributed by atoms with Crippen LogP contribution < -0.4 is 10.6 Å². The van der Waals surface area contributed by atoms with Crippen molar-refractivity contribution in [1.29, 1.82) is 0 Å². The van der Waals surface area contributed by atoms with Crippen LogP contribution in [0.3, 0.4) is 0 Å². The summed E-state index contributed by atoms with van der Waals surface area (Å²) in [7, 11) is 0. The van der Waals surface area contributed by atoms with E-state index in [-0.39, 0.29) is 23.4 Å². The van der Waals surface area contributed by atoms with Crippen LogP contribution in [-0.4, -0.2) is 72.2 Å². The molecule has 6 heteroatoms. The molecule has 0 aliphatic carbocycles. The summed E-state index contributed by atoms with van der Waals surface area (Å²) < 4.78 is 0. The van der Waals surface area contributed by atoms with Crippen LogP contribution in [0.2, 0.25) is 0 Å².